The second kappa shape index (κ2) is 36.7. The molecule has 16 N–H and O–H groups in total. The lowest BCUT2D eigenvalue weighted by Crippen LogP contribution is -2.39. The van der Waals surface area contributed by atoms with E-state index in [0.29, 0.717) is 35.9 Å². The summed E-state index contributed by atoms with van der Waals surface area (Å²) in [4.78, 5) is 61.4. The predicted molar refractivity (Wildman–Crippen MR) is 306 cm³/mol. The summed E-state index contributed by atoms with van der Waals surface area (Å²) in [6.45, 7) is 10.7. The van der Waals surface area contributed by atoms with Crippen molar-refractivity contribution < 1.29 is 33.0 Å². The molecule has 4 aromatic rings. The number of carbonyl (C=O) groups is 4. The Hall–Kier alpha value is -8.15. The lowest BCUT2D eigenvalue weighted by atomic mass is 10.1. The Morgan fingerprint density at radius 2 is 0.787 bits per heavy atom. The van der Waals surface area contributed by atoms with Gasteiger partial charge in [0.25, 0.3) is 0 Å². The highest BCUT2D eigenvalue weighted by Crippen LogP contribution is 2.31. The Morgan fingerprint density at radius 1 is 0.480 bits per heavy atom. The van der Waals surface area contributed by atoms with Crippen molar-refractivity contribution in [1.29, 1.82) is 0 Å². The van der Waals surface area contributed by atoms with Gasteiger partial charge >= 0.3 is 24.1 Å². The lowest BCUT2D eigenvalue weighted by molar-refractivity contribution is 0.255. The van der Waals surface area contributed by atoms with Gasteiger partial charge in [-0.25, -0.2) is 23.6 Å². The number of carbonyl (C=O) groups excluding carboxylic acids is 4. The maximum atomic E-state index is 13.6. The minimum atomic E-state index is -0.611. The highest BCUT2D eigenvalue weighted by Gasteiger charge is 2.16. The van der Waals surface area contributed by atoms with E-state index in [0.717, 1.165) is 77.4 Å². The number of guanidine groups is 4. The number of rotatable bonds is 15. The van der Waals surface area contributed by atoms with Crippen molar-refractivity contribution in [2.24, 2.45) is 42.9 Å². The van der Waals surface area contributed by atoms with Gasteiger partial charge in [-0.05, 0) is 95.1 Å². The first-order chi connectivity index (χ1) is 35.9. The third kappa shape index (κ3) is 24.4. The molecule has 8 amide bonds. The lowest BCUT2D eigenvalue weighted by Gasteiger charge is -2.16. The molecule has 24 heteroatoms. The second-order valence-corrected chi connectivity index (χ2v) is 16.4. The number of ether oxygens (including phenoxy) is 2. The van der Waals surface area contributed by atoms with E-state index in [4.69, 9.17) is 32.4 Å². The average Bonchev–Trinajstić information content (AvgIpc) is 3.38. The number of hydrogen-bond donors (Lipinski definition) is 12. The molecule has 0 aliphatic carbocycles. The summed E-state index contributed by atoms with van der Waals surface area (Å²) in [6, 6.07) is 20.0. The number of halogens is 2. The summed E-state index contributed by atoms with van der Waals surface area (Å²) in [7, 11) is 7.53. The molecule has 4 rings (SSSR count). The van der Waals surface area contributed by atoms with Crippen molar-refractivity contribution in [3.8, 4) is 11.5 Å². The quantitative estimate of drug-likeness (QED) is 0.0400. The summed E-state index contributed by atoms with van der Waals surface area (Å²) in [5.74, 6) is 0.979. The molecule has 4 aromatic carbocycles. The Balaban J connectivity index is 0.000000500. The standard InChI is InChI=1S/C14H22N4O2.C13H20N4O2.C12H17BrN4O.C12H17FN4O/c1-4-7-10-8-6-9-11(20-5-2)12(10)17-14(19)18-13(15)16-3;1-4-6-9-7-5-8-10(19-3)11(9)16-13(18)17-12(14)15-2;2*1-3-5-8-6-4-7-9(13)10(8)16-12(18)17-11(14)15-2/h6,8-9H,4-5,7H2,1-3H3,(H4,15,16,17,18,19);5,7-8H,4,6H2,1-3H3,(H4,14,15,16,17,18);2*4,6-7H,3,5H2,1-2H3,(H4,14,15,16,17,18). The molecule has 0 aliphatic heterocycles. The van der Waals surface area contributed by atoms with Gasteiger partial charge in [0.15, 0.2) is 23.8 Å². The van der Waals surface area contributed by atoms with Gasteiger partial charge in [0.1, 0.15) is 17.3 Å². The zero-order valence-electron chi connectivity index (χ0n) is 44.6. The van der Waals surface area contributed by atoms with Crippen LogP contribution in [0.15, 0.2) is 97.2 Å². The number of hydrogen-bond acceptors (Lipinski definition) is 10. The van der Waals surface area contributed by atoms with Crippen LogP contribution in [-0.2, 0) is 25.7 Å². The predicted octanol–water partition coefficient (Wildman–Crippen LogP) is 8.13. The highest BCUT2D eigenvalue weighted by atomic mass is 79.9. The molecule has 0 fully saturated rings. The van der Waals surface area contributed by atoms with E-state index in [9.17, 15) is 23.6 Å². The minimum absolute atomic E-state index is 0.0270. The van der Waals surface area contributed by atoms with Crippen LogP contribution in [-0.4, -0.2) is 89.9 Å². The summed E-state index contributed by atoms with van der Waals surface area (Å²) in [5, 5.41) is 20.3. The maximum Gasteiger partial charge on any atom is 0.326 e. The first-order valence-corrected chi connectivity index (χ1v) is 24.9. The van der Waals surface area contributed by atoms with Gasteiger partial charge in [-0.3, -0.25) is 41.2 Å². The van der Waals surface area contributed by atoms with Gasteiger partial charge in [-0.1, -0.05) is 102 Å². The fourth-order valence-corrected chi connectivity index (χ4v) is 6.99. The van der Waals surface area contributed by atoms with Crippen molar-refractivity contribution in [2.75, 3.05) is 63.2 Å². The molecule has 0 spiro atoms. The third-order valence-corrected chi connectivity index (χ3v) is 10.6. The fourth-order valence-electron chi connectivity index (χ4n) is 6.48. The topological polar surface area (TPSA) is 336 Å². The Bertz CT molecular complexity index is 2470. The van der Waals surface area contributed by atoms with Crippen LogP contribution in [0.5, 0.6) is 11.5 Å². The van der Waals surface area contributed by atoms with Crippen molar-refractivity contribution in [3.05, 3.63) is 105 Å². The molecule has 0 bridgehead atoms. The molecule has 0 heterocycles. The number of nitrogens with two attached hydrogens (primary N) is 4. The molecule has 0 aliphatic rings. The summed E-state index contributed by atoms with van der Waals surface area (Å²) in [5.41, 5.74) is 27.8. The van der Waals surface area contributed by atoms with E-state index in [1.165, 1.54) is 34.3 Å². The number of methoxy groups -OCH3 is 1. The normalized spacial score (nSPS) is 11.1. The molecule has 0 aromatic heterocycles. The SMILES string of the molecule is CCCc1cccc(Br)c1NC(=O)NC(N)=NC.CCCc1cccc(F)c1NC(=O)NC(N)=NC.CCCc1cccc(OC)c1NC(=O)NC(N)=NC.CCCc1cccc(OCC)c1NC(=O)NC(N)=NC. The van der Waals surface area contributed by atoms with Gasteiger partial charge < -0.3 is 53.7 Å². The fraction of sp³-hybridized carbons (Fsp3) is 0.373. The van der Waals surface area contributed by atoms with Crippen LogP contribution in [0.25, 0.3) is 0 Å². The maximum absolute atomic E-state index is 13.6. The molecular formula is C51H76BrFN16O6. The number of nitrogens with one attached hydrogen (secondary N) is 8. The van der Waals surface area contributed by atoms with E-state index in [-0.39, 0.29) is 29.5 Å². The summed E-state index contributed by atoms with van der Waals surface area (Å²) in [6.07, 6.45) is 7.10. The van der Waals surface area contributed by atoms with E-state index in [2.05, 4.69) is 99.2 Å². The van der Waals surface area contributed by atoms with Crippen molar-refractivity contribution in [1.82, 2.24) is 21.3 Å². The molecular weight excluding hydrogens is 1030 g/mol. The smallest absolute Gasteiger partial charge is 0.326 e. The molecule has 0 unspecified atom stereocenters. The Labute approximate surface area is 448 Å². The van der Waals surface area contributed by atoms with Gasteiger partial charge in [0.05, 0.1) is 36.5 Å². The average molecular weight is 1110 g/mol. The monoisotopic (exact) mass is 1110 g/mol. The largest absolute Gasteiger partial charge is 0.495 e. The molecule has 75 heavy (non-hydrogen) atoms. The van der Waals surface area contributed by atoms with E-state index < -0.39 is 29.9 Å². The van der Waals surface area contributed by atoms with Crippen LogP contribution in [0.1, 0.15) is 82.6 Å². The van der Waals surface area contributed by atoms with Crippen LogP contribution in [0.3, 0.4) is 0 Å². The van der Waals surface area contributed by atoms with E-state index in [1.807, 2.05) is 62.4 Å². The Kier molecular flexibility index (Phi) is 31.8. The minimum Gasteiger partial charge on any atom is -0.495 e. The van der Waals surface area contributed by atoms with Gasteiger partial charge in [0, 0.05) is 32.7 Å². The Morgan fingerprint density at radius 3 is 1.15 bits per heavy atom. The zero-order chi connectivity index (χ0) is 56.3. The molecule has 0 saturated heterocycles. The van der Waals surface area contributed by atoms with E-state index >= 15 is 0 Å². The second-order valence-electron chi connectivity index (χ2n) is 15.5. The van der Waals surface area contributed by atoms with E-state index in [1.54, 1.807) is 25.3 Å². The van der Waals surface area contributed by atoms with Crippen LogP contribution in [0.2, 0.25) is 0 Å². The number of nitrogens with zero attached hydrogens (tertiary/aromatic N) is 4. The van der Waals surface area contributed by atoms with Gasteiger partial charge in [0.2, 0.25) is 0 Å². The molecule has 0 saturated carbocycles. The number of aryl methyl sites for hydroxylation is 4. The number of urea groups is 4. The number of aliphatic imine (C=N–C) groups is 4. The van der Waals surface area contributed by atoms with Gasteiger partial charge in [-0.15, -0.1) is 0 Å². The molecule has 410 valence electrons. The van der Waals surface area contributed by atoms with Crippen LogP contribution in [0, 0.1) is 5.82 Å². The highest BCUT2D eigenvalue weighted by molar-refractivity contribution is 9.10. The number of amides is 8. The first kappa shape index (κ1) is 64.9. The summed E-state index contributed by atoms with van der Waals surface area (Å²) >= 11 is 3.42. The number of benzene rings is 4. The van der Waals surface area contributed by atoms with Crippen molar-refractivity contribution >= 4 is 86.6 Å². The van der Waals surface area contributed by atoms with Gasteiger partial charge in [-0.2, -0.15) is 0 Å². The van der Waals surface area contributed by atoms with Crippen LogP contribution < -0.4 is 74.9 Å². The number of anilines is 4. The third-order valence-electron chi connectivity index (χ3n) is 9.91. The zero-order valence-corrected chi connectivity index (χ0v) is 46.2. The first-order valence-electron chi connectivity index (χ1n) is 24.1. The summed E-state index contributed by atoms with van der Waals surface area (Å²) < 4.78 is 25.3. The van der Waals surface area contributed by atoms with Crippen molar-refractivity contribution in [3.63, 3.8) is 0 Å². The molecule has 0 radical (unpaired) electrons. The number of para-hydroxylation sites is 4. The van der Waals surface area contributed by atoms with Crippen molar-refractivity contribution in [2.45, 2.75) is 86.0 Å². The molecule has 0 atom stereocenters. The molecule has 22 nitrogen and oxygen atoms in total. The van der Waals surface area contributed by atoms with Crippen LogP contribution in [0.4, 0.5) is 46.3 Å². The van der Waals surface area contributed by atoms with Crippen LogP contribution >= 0.6 is 15.9 Å².